The molecular weight excluding hydrogens is 269 g/mol. The second-order valence-corrected chi connectivity index (χ2v) is 5.37. The van der Waals surface area contributed by atoms with Gasteiger partial charge in [0.1, 0.15) is 11.9 Å². The minimum Gasteiger partial charge on any atom is -0.494 e. The van der Waals surface area contributed by atoms with Crippen LogP contribution in [0.1, 0.15) is 29.7 Å². The Bertz CT molecular complexity index is 672. The van der Waals surface area contributed by atoms with Gasteiger partial charge in [0.2, 0.25) is 0 Å². The standard InChI is InChI=1S/C17H18FNO2/c1-10-7-13-8-11(4-6-15(13)21-10)17(19)12-3-5-14(18)16(9-12)20-2/h3-6,8-10,17H,7,19H2,1-2H3. The fraction of sp³-hybridized carbons (Fsp3) is 0.294. The fourth-order valence-electron chi connectivity index (χ4n) is 2.70. The lowest BCUT2D eigenvalue weighted by Gasteiger charge is -2.15. The number of halogens is 1. The average Bonchev–Trinajstić information content (AvgIpc) is 2.86. The highest BCUT2D eigenvalue weighted by Gasteiger charge is 2.21. The van der Waals surface area contributed by atoms with Gasteiger partial charge in [0.25, 0.3) is 0 Å². The Kier molecular flexibility index (Phi) is 3.55. The van der Waals surface area contributed by atoms with E-state index in [1.54, 1.807) is 12.1 Å². The lowest BCUT2D eigenvalue weighted by Crippen LogP contribution is -2.12. The Morgan fingerprint density at radius 1 is 1.24 bits per heavy atom. The van der Waals surface area contributed by atoms with E-state index in [4.69, 9.17) is 15.2 Å². The molecule has 0 aliphatic carbocycles. The molecule has 110 valence electrons. The lowest BCUT2D eigenvalue weighted by atomic mass is 9.96. The number of fused-ring (bicyclic) bond motifs is 1. The van der Waals surface area contributed by atoms with Crippen LogP contribution in [0, 0.1) is 5.82 Å². The summed E-state index contributed by atoms with van der Waals surface area (Å²) in [5, 5.41) is 0. The van der Waals surface area contributed by atoms with Crippen LogP contribution in [0.5, 0.6) is 11.5 Å². The van der Waals surface area contributed by atoms with Gasteiger partial charge < -0.3 is 15.2 Å². The van der Waals surface area contributed by atoms with E-state index < -0.39 is 0 Å². The predicted molar refractivity (Wildman–Crippen MR) is 79.2 cm³/mol. The maximum atomic E-state index is 13.5. The van der Waals surface area contributed by atoms with Gasteiger partial charge in [0.15, 0.2) is 11.6 Å². The zero-order valence-corrected chi connectivity index (χ0v) is 12.1. The van der Waals surface area contributed by atoms with Gasteiger partial charge in [-0.05, 0) is 41.8 Å². The Labute approximate surface area is 123 Å². The molecule has 0 aromatic heterocycles. The molecule has 4 heteroatoms. The van der Waals surface area contributed by atoms with Crippen molar-refractivity contribution in [1.82, 2.24) is 0 Å². The molecule has 21 heavy (non-hydrogen) atoms. The molecule has 0 radical (unpaired) electrons. The maximum absolute atomic E-state index is 13.5. The van der Waals surface area contributed by atoms with Crippen LogP contribution >= 0.6 is 0 Å². The predicted octanol–water partition coefficient (Wildman–Crippen LogP) is 3.21. The Balaban J connectivity index is 1.92. The second-order valence-electron chi connectivity index (χ2n) is 5.37. The Morgan fingerprint density at radius 3 is 2.71 bits per heavy atom. The molecule has 0 amide bonds. The van der Waals surface area contributed by atoms with E-state index in [0.29, 0.717) is 0 Å². The summed E-state index contributed by atoms with van der Waals surface area (Å²) < 4.78 is 24.2. The third-order valence-electron chi connectivity index (χ3n) is 3.81. The zero-order chi connectivity index (χ0) is 15.0. The second kappa shape index (κ2) is 5.37. The summed E-state index contributed by atoms with van der Waals surface area (Å²) in [6.45, 7) is 2.05. The summed E-state index contributed by atoms with van der Waals surface area (Å²) in [4.78, 5) is 0. The van der Waals surface area contributed by atoms with Gasteiger partial charge in [0.05, 0.1) is 13.2 Å². The van der Waals surface area contributed by atoms with E-state index in [0.717, 1.165) is 23.3 Å². The minimum atomic E-state index is -0.385. The molecule has 3 rings (SSSR count). The molecule has 0 saturated heterocycles. The lowest BCUT2D eigenvalue weighted by molar-refractivity contribution is 0.254. The Morgan fingerprint density at radius 2 is 1.95 bits per heavy atom. The molecule has 1 heterocycles. The quantitative estimate of drug-likeness (QED) is 0.942. The van der Waals surface area contributed by atoms with E-state index in [2.05, 4.69) is 6.07 Å². The van der Waals surface area contributed by atoms with Crippen LogP contribution < -0.4 is 15.2 Å². The smallest absolute Gasteiger partial charge is 0.165 e. The number of benzene rings is 2. The summed E-state index contributed by atoms with van der Waals surface area (Å²) in [7, 11) is 1.45. The summed E-state index contributed by atoms with van der Waals surface area (Å²) in [6, 6.07) is 10.4. The van der Waals surface area contributed by atoms with E-state index in [1.807, 2.05) is 19.1 Å². The van der Waals surface area contributed by atoms with Crippen molar-refractivity contribution in [3.63, 3.8) is 0 Å². The van der Waals surface area contributed by atoms with E-state index >= 15 is 0 Å². The topological polar surface area (TPSA) is 44.5 Å². The van der Waals surface area contributed by atoms with Gasteiger partial charge in [0, 0.05) is 6.42 Å². The maximum Gasteiger partial charge on any atom is 0.165 e. The number of rotatable bonds is 3. The van der Waals surface area contributed by atoms with Crippen molar-refractivity contribution in [2.75, 3.05) is 7.11 Å². The van der Waals surface area contributed by atoms with E-state index in [1.165, 1.54) is 18.7 Å². The van der Waals surface area contributed by atoms with Crippen molar-refractivity contribution < 1.29 is 13.9 Å². The molecule has 2 unspecified atom stereocenters. The molecular formula is C17H18FNO2. The zero-order valence-electron chi connectivity index (χ0n) is 12.1. The fourth-order valence-corrected chi connectivity index (χ4v) is 2.70. The number of nitrogens with two attached hydrogens (primary N) is 1. The highest BCUT2D eigenvalue weighted by Crippen LogP contribution is 2.33. The summed E-state index contributed by atoms with van der Waals surface area (Å²) in [5.74, 6) is 0.751. The number of hydrogen-bond acceptors (Lipinski definition) is 3. The highest BCUT2D eigenvalue weighted by atomic mass is 19.1. The number of hydrogen-bond donors (Lipinski definition) is 1. The van der Waals surface area contributed by atoms with Crippen LogP contribution in [-0.2, 0) is 6.42 Å². The molecule has 1 aliphatic heterocycles. The summed E-state index contributed by atoms with van der Waals surface area (Å²) in [6.07, 6.45) is 1.10. The molecule has 2 aromatic rings. The van der Waals surface area contributed by atoms with Crippen molar-refractivity contribution in [3.05, 3.63) is 58.9 Å². The SMILES string of the molecule is COc1cc(C(N)c2ccc3c(c2)CC(C)O3)ccc1F. The number of ether oxygens (including phenoxy) is 2. The normalized spacial score (nSPS) is 18.0. The van der Waals surface area contributed by atoms with Crippen LogP contribution in [0.25, 0.3) is 0 Å². The first-order valence-corrected chi connectivity index (χ1v) is 6.97. The summed E-state index contributed by atoms with van der Waals surface area (Å²) in [5.41, 5.74) is 9.28. The molecule has 0 saturated carbocycles. The van der Waals surface area contributed by atoms with Crippen LogP contribution in [0.3, 0.4) is 0 Å². The molecule has 2 N–H and O–H groups in total. The van der Waals surface area contributed by atoms with E-state index in [-0.39, 0.29) is 23.7 Å². The Hall–Kier alpha value is -2.07. The third kappa shape index (κ3) is 2.59. The van der Waals surface area contributed by atoms with Crippen molar-refractivity contribution in [2.24, 2.45) is 5.73 Å². The van der Waals surface area contributed by atoms with Gasteiger partial charge in [-0.15, -0.1) is 0 Å². The molecule has 3 nitrogen and oxygen atoms in total. The molecule has 0 bridgehead atoms. The van der Waals surface area contributed by atoms with Gasteiger partial charge in [-0.3, -0.25) is 0 Å². The number of methoxy groups -OCH3 is 1. The largest absolute Gasteiger partial charge is 0.494 e. The molecule has 1 aliphatic rings. The van der Waals surface area contributed by atoms with Crippen molar-refractivity contribution in [3.8, 4) is 11.5 Å². The van der Waals surface area contributed by atoms with Gasteiger partial charge in [-0.2, -0.15) is 0 Å². The first kappa shape index (κ1) is 13.9. The van der Waals surface area contributed by atoms with Crippen LogP contribution in [0.15, 0.2) is 36.4 Å². The first-order valence-electron chi connectivity index (χ1n) is 6.97. The first-order chi connectivity index (χ1) is 10.1. The van der Waals surface area contributed by atoms with E-state index in [9.17, 15) is 4.39 Å². The molecule has 0 spiro atoms. The van der Waals surface area contributed by atoms with Crippen LogP contribution in [-0.4, -0.2) is 13.2 Å². The van der Waals surface area contributed by atoms with Gasteiger partial charge >= 0.3 is 0 Å². The molecule has 2 atom stereocenters. The molecule has 2 aromatic carbocycles. The highest BCUT2D eigenvalue weighted by molar-refractivity contribution is 5.44. The van der Waals surface area contributed by atoms with Crippen molar-refractivity contribution in [2.45, 2.75) is 25.5 Å². The van der Waals surface area contributed by atoms with Crippen molar-refractivity contribution in [1.29, 1.82) is 0 Å². The minimum absolute atomic E-state index is 0.206. The van der Waals surface area contributed by atoms with Gasteiger partial charge in [-0.25, -0.2) is 4.39 Å². The van der Waals surface area contributed by atoms with Gasteiger partial charge in [-0.1, -0.05) is 18.2 Å². The summed E-state index contributed by atoms with van der Waals surface area (Å²) >= 11 is 0. The van der Waals surface area contributed by atoms with Crippen molar-refractivity contribution >= 4 is 0 Å². The third-order valence-corrected chi connectivity index (χ3v) is 3.81. The average molecular weight is 287 g/mol. The molecule has 0 fully saturated rings. The van der Waals surface area contributed by atoms with Crippen LogP contribution in [0.4, 0.5) is 4.39 Å². The van der Waals surface area contributed by atoms with Crippen LogP contribution in [0.2, 0.25) is 0 Å². The monoisotopic (exact) mass is 287 g/mol.